The number of benzene rings is 1. The molecule has 0 aliphatic carbocycles. The number of nitro groups is 1. The molecule has 112 valence electrons. The van der Waals surface area contributed by atoms with Crippen LogP contribution >= 0.6 is 0 Å². The Hall–Kier alpha value is -2.11. The normalized spacial score (nSPS) is 9.15. The highest BCUT2D eigenvalue weighted by Crippen LogP contribution is 2.17. The van der Waals surface area contributed by atoms with Crippen molar-refractivity contribution in [2.75, 3.05) is 13.2 Å². The van der Waals surface area contributed by atoms with E-state index >= 15 is 0 Å². The Morgan fingerprint density at radius 3 is 2.35 bits per heavy atom. The molecule has 0 radical (unpaired) electrons. The lowest BCUT2D eigenvalue weighted by Crippen LogP contribution is -2.06. The van der Waals surface area contributed by atoms with Crippen molar-refractivity contribution in [3.63, 3.8) is 0 Å². The molecule has 0 aliphatic rings. The quantitative estimate of drug-likeness (QED) is 0.332. The molecular formula is C14H21NO5. The van der Waals surface area contributed by atoms with Crippen LogP contribution in [-0.4, -0.2) is 24.1 Å². The summed E-state index contributed by atoms with van der Waals surface area (Å²) in [5.74, 6) is 0.300. The lowest BCUT2D eigenvalue weighted by Gasteiger charge is -2.05. The number of hydrogen-bond acceptors (Lipinski definition) is 5. The molecule has 0 unspecified atom stereocenters. The van der Waals surface area contributed by atoms with Crippen molar-refractivity contribution >= 4 is 11.7 Å². The summed E-state index contributed by atoms with van der Waals surface area (Å²) in [5, 5.41) is 10.4. The molecular weight excluding hydrogens is 262 g/mol. The molecule has 1 aromatic carbocycles. The van der Waals surface area contributed by atoms with Crippen LogP contribution in [0.2, 0.25) is 0 Å². The van der Waals surface area contributed by atoms with Crippen LogP contribution in [0.4, 0.5) is 5.69 Å². The van der Waals surface area contributed by atoms with Gasteiger partial charge in [-0.25, -0.2) is 0 Å². The summed E-state index contributed by atoms with van der Waals surface area (Å²) in [7, 11) is 0. The average Bonchev–Trinajstić information content (AvgIpc) is 2.46. The monoisotopic (exact) mass is 283 g/mol. The lowest BCUT2D eigenvalue weighted by molar-refractivity contribution is -0.384. The highest BCUT2D eigenvalue weighted by atomic mass is 16.6. The molecule has 0 saturated carbocycles. The van der Waals surface area contributed by atoms with Crippen molar-refractivity contribution in [2.24, 2.45) is 0 Å². The van der Waals surface area contributed by atoms with E-state index in [2.05, 4.69) is 0 Å². The number of hydrogen-bond donors (Lipinski definition) is 0. The molecule has 0 bridgehead atoms. The minimum absolute atomic E-state index is 0.0221. The first kappa shape index (κ1) is 17.9. The third-order valence-electron chi connectivity index (χ3n) is 2.15. The molecule has 0 aromatic heterocycles. The van der Waals surface area contributed by atoms with E-state index in [1.165, 1.54) is 24.3 Å². The number of nitro benzene ring substituents is 1. The van der Waals surface area contributed by atoms with E-state index in [9.17, 15) is 14.9 Å². The van der Waals surface area contributed by atoms with Gasteiger partial charge in [0.05, 0.1) is 18.1 Å². The van der Waals surface area contributed by atoms with Crippen LogP contribution in [0.5, 0.6) is 5.75 Å². The van der Waals surface area contributed by atoms with Crippen LogP contribution in [0, 0.1) is 10.1 Å². The zero-order valence-electron chi connectivity index (χ0n) is 12.1. The Kier molecular flexibility index (Phi) is 9.64. The molecule has 0 spiro atoms. The Morgan fingerprint density at radius 1 is 1.25 bits per heavy atom. The van der Waals surface area contributed by atoms with Crippen molar-refractivity contribution in [1.29, 1.82) is 0 Å². The minimum Gasteiger partial charge on any atom is -0.494 e. The third-order valence-corrected chi connectivity index (χ3v) is 2.15. The summed E-state index contributed by atoms with van der Waals surface area (Å²) in [5.41, 5.74) is 0.0221. The predicted octanol–water partition coefficient (Wildman–Crippen LogP) is 3.34. The summed E-state index contributed by atoms with van der Waals surface area (Å²) >= 11 is 0. The van der Waals surface area contributed by atoms with Gasteiger partial charge < -0.3 is 9.47 Å². The van der Waals surface area contributed by atoms with Gasteiger partial charge in [-0.2, -0.15) is 0 Å². The van der Waals surface area contributed by atoms with Crippen molar-refractivity contribution in [3.8, 4) is 5.75 Å². The van der Waals surface area contributed by atoms with Gasteiger partial charge in [-0.1, -0.05) is 13.8 Å². The summed E-state index contributed by atoms with van der Waals surface area (Å²) in [6.07, 6.45) is 0.858. The van der Waals surface area contributed by atoms with Crippen LogP contribution in [-0.2, 0) is 9.53 Å². The number of rotatable bonds is 7. The van der Waals surface area contributed by atoms with Crippen LogP contribution in [0.25, 0.3) is 0 Å². The van der Waals surface area contributed by atoms with Crippen molar-refractivity contribution < 1.29 is 19.2 Å². The van der Waals surface area contributed by atoms with E-state index in [4.69, 9.17) is 9.47 Å². The van der Waals surface area contributed by atoms with E-state index in [1.807, 2.05) is 13.8 Å². The number of nitrogens with zero attached hydrogens (tertiary/aromatic N) is 1. The topological polar surface area (TPSA) is 78.7 Å². The predicted molar refractivity (Wildman–Crippen MR) is 75.8 cm³/mol. The summed E-state index contributed by atoms with van der Waals surface area (Å²) < 4.78 is 10.1. The highest BCUT2D eigenvalue weighted by molar-refractivity contribution is 5.69. The third kappa shape index (κ3) is 7.35. The maximum absolute atomic E-state index is 11.0. The van der Waals surface area contributed by atoms with Crippen LogP contribution in [0.15, 0.2) is 24.3 Å². The highest BCUT2D eigenvalue weighted by Gasteiger charge is 2.05. The zero-order valence-corrected chi connectivity index (χ0v) is 12.1. The standard InChI is InChI=1S/C12H15NO5.C2H6/c1-2-17-12(14)4-3-9-18-11-7-5-10(6-8-11)13(15)16;1-2/h5-8H,2-4,9H2,1H3;1-2H3. The Balaban J connectivity index is 0.00000172. The molecule has 6 nitrogen and oxygen atoms in total. The number of esters is 1. The molecule has 1 aromatic rings. The lowest BCUT2D eigenvalue weighted by atomic mass is 10.3. The van der Waals surface area contributed by atoms with Crippen LogP contribution in [0.3, 0.4) is 0 Å². The van der Waals surface area contributed by atoms with Crippen molar-refractivity contribution in [3.05, 3.63) is 34.4 Å². The molecule has 6 heteroatoms. The van der Waals surface area contributed by atoms with Gasteiger partial charge in [0, 0.05) is 18.6 Å². The summed E-state index contributed by atoms with van der Waals surface area (Å²) in [4.78, 5) is 21.0. The molecule has 0 amide bonds. The second kappa shape index (κ2) is 10.8. The fourth-order valence-electron chi connectivity index (χ4n) is 1.30. The van der Waals surface area contributed by atoms with Gasteiger partial charge in [0.25, 0.3) is 5.69 Å². The maximum atomic E-state index is 11.0. The largest absolute Gasteiger partial charge is 0.494 e. The van der Waals surface area contributed by atoms with Gasteiger partial charge in [0.1, 0.15) is 5.75 Å². The fourth-order valence-corrected chi connectivity index (χ4v) is 1.30. The van der Waals surface area contributed by atoms with E-state index in [0.29, 0.717) is 31.8 Å². The van der Waals surface area contributed by atoms with Gasteiger partial charge in [-0.15, -0.1) is 0 Å². The Bertz CT molecular complexity index is 403. The van der Waals surface area contributed by atoms with Gasteiger partial charge in [-0.05, 0) is 25.5 Å². The summed E-state index contributed by atoms with van der Waals surface area (Å²) in [6, 6.07) is 5.81. The molecule has 0 N–H and O–H groups in total. The average molecular weight is 283 g/mol. The van der Waals surface area contributed by atoms with Gasteiger partial charge >= 0.3 is 5.97 Å². The first-order valence-electron chi connectivity index (χ1n) is 6.66. The molecule has 0 atom stereocenters. The fraction of sp³-hybridized carbons (Fsp3) is 0.500. The number of carbonyl (C=O) groups is 1. The van der Waals surface area contributed by atoms with E-state index in [1.54, 1.807) is 6.92 Å². The molecule has 0 heterocycles. The summed E-state index contributed by atoms with van der Waals surface area (Å²) in [6.45, 7) is 6.50. The van der Waals surface area contributed by atoms with Gasteiger partial charge in [0.2, 0.25) is 0 Å². The van der Waals surface area contributed by atoms with E-state index in [-0.39, 0.29) is 11.7 Å². The Morgan fingerprint density at radius 2 is 1.85 bits per heavy atom. The second-order valence-electron chi connectivity index (χ2n) is 3.51. The van der Waals surface area contributed by atoms with Crippen molar-refractivity contribution in [1.82, 2.24) is 0 Å². The molecule has 1 rings (SSSR count). The first-order valence-corrected chi connectivity index (χ1v) is 6.66. The maximum Gasteiger partial charge on any atom is 0.305 e. The van der Waals surface area contributed by atoms with Crippen LogP contribution < -0.4 is 4.74 Å². The van der Waals surface area contributed by atoms with Gasteiger partial charge in [-0.3, -0.25) is 14.9 Å². The first-order chi connectivity index (χ1) is 9.63. The van der Waals surface area contributed by atoms with E-state index in [0.717, 1.165) is 0 Å². The Labute approximate surface area is 118 Å². The number of non-ortho nitro benzene ring substituents is 1. The molecule has 0 fully saturated rings. The van der Waals surface area contributed by atoms with Gasteiger partial charge in [0.15, 0.2) is 0 Å². The smallest absolute Gasteiger partial charge is 0.305 e. The number of carbonyl (C=O) groups excluding carboxylic acids is 1. The van der Waals surface area contributed by atoms with Crippen molar-refractivity contribution in [2.45, 2.75) is 33.6 Å². The second-order valence-corrected chi connectivity index (χ2v) is 3.51. The molecule has 0 aliphatic heterocycles. The minimum atomic E-state index is -0.468. The molecule has 0 saturated heterocycles. The number of ether oxygens (including phenoxy) is 2. The zero-order chi connectivity index (χ0) is 15.4. The SMILES string of the molecule is CC.CCOC(=O)CCCOc1ccc([N+](=O)[O-])cc1. The van der Waals surface area contributed by atoms with E-state index < -0.39 is 4.92 Å². The van der Waals surface area contributed by atoms with Crippen LogP contribution in [0.1, 0.15) is 33.6 Å². The molecule has 20 heavy (non-hydrogen) atoms.